The summed E-state index contributed by atoms with van der Waals surface area (Å²) in [4.78, 5) is 17.4. The number of rotatable bonds is 5. The number of likely N-dealkylation sites (N-methyl/N-ethyl adjacent to an activating group) is 1. The maximum absolute atomic E-state index is 12.8. The number of benzene rings is 2. The van der Waals surface area contributed by atoms with Crippen molar-refractivity contribution in [3.05, 3.63) is 42.5 Å². The van der Waals surface area contributed by atoms with E-state index >= 15 is 0 Å². The molecule has 27 heavy (non-hydrogen) atoms. The van der Waals surface area contributed by atoms with Crippen LogP contribution < -0.4 is 4.74 Å². The lowest BCUT2D eigenvalue weighted by Gasteiger charge is -2.42. The van der Waals surface area contributed by atoms with Crippen molar-refractivity contribution in [2.45, 2.75) is 50.6 Å². The van der Waals surface area contributed by atoms with E-state index in [1.54, 1.807) is 0 Å². The van der Waals surface area contributed by atoms with Gasteiger partial charge in [-0.15, -0.1) is 0 Å². The topological polar surface area (TPSA) is 32.8 Å². The van der Waals surface area contributed by atoms with Crippen molar-refractivity contribution in [3.63, 3.8) is 0 Å². The molecule has 0 N–H and O–H groups in total. The van der Waals surface area contributed by atoms with Gasteiger partial charge in [0.25, 0.3) is 5.91 Å². The molecule has 0 aromatic heterocycles. The van der Waals surface area contributed by atoms with Crippen molar-refractivity contribution in [3.8, 4) is 5.75 Å². The molecular formula is C23H30N2O2. The summed E-state index contributed by atoms with van der Waals surface area (Å²) >= 11 is 0. The van der Waals surface area contributed by atoms with E-state index in [1.807, 2.05) is 42.3 Å². The fourth-order valence-electron chi connectivity index (χ4n) is 4.73. The summed E-state index contributed by atoms with van der Waals surface area (Å²) in [5, 5.41) is 2.32. The average molecular weight is 367 g/mol. The fourth-order valence-corrected chi connectivity index (χ4v) is 4.73. The molecular weight excluding hydrogens is 336 g/mol. The van der Waals surface area contributed by atoms with Crippen LogP contribution in [0.1, 0.15) is 38.5 Å². The molecule has 0 spiro atoms. The predicted molar refractivity (Wildman–Crippen MR) is 109 cm³/mol. The summed E-state index contributed by atoms with van der Waals surface area (Å²) in [6.07, 6.45) is 7.43. The third-order valence-corrected chi connectivity index (χ3v) is 6.28. The van der Waals surface area contributed by atoms with Crippen LogP contribution in [0.4, 0.5) is 0 Å². The molecule has 4 rings (SSSR count). The maximum Gasteiger partial charge on any atom is 0.260 e. The molecule has 2 aromatic rings. The lowest BCUT2D eigenvalue weighted by atomic mass is 9.88. The SMILES string of the molecule is CN(C(=O)COc1ccc2ccccc2c1)[C@@H]1CCCC[C@H]1N1CCCC1. The first-order valence-electron chi connectivity index (χ1n) is 10.3. The predicted octanol–water partition coefficient (Wildman–Crippen LogP) is 4.08. The highest BCUT2D eigenvalue weighted by molar-refractivity contribution is 5.84. The Hall–Kier alpha value is -2.07. The smallest absolute Gasteiger partial charge is 0.260 e. The number of likely N-dealkylation sites (tertiary alicyclic amines) is 1. The zero-order valence-electron chi connectivity index (χ0n) is 16.3. The molecule has 1 amide bonds. The number of ether oxygens (including phenoxy) is 1. The summed E-state index contributed by atoms with van der Waals surface area (Å²) in [6.45, 7) is 2.49. The largest absolute Gasteiger partial charge is 0.484 e. The van der Waals surface area contributed by atoms with E-state index < -0.39 is 0 Å². The van der Waals surface area contributed by atoms with Gasteiger partial charge in [0.15, 0.2) is 6.61 Å². The number of hydrogen-bond donors (Lipinski definition) is 0. The molecule has 4 nitrogen and oxygen atoms in total. The van der Waals surface area contributed by atoms with Crippen molar-refractivity contribution in [1.29, 1.82) is 0 Å². The Morgan fingerprint density at radius 3 is 2.59 bits per heavy atom. The van der Waals surface area contributed by atoms with Gasteiger partial charge in [-0.25, -0.2) is 0 Å². The Morgan fingerprint density at radius 2 is 1.78 bits per heavy atom. The van der Waals surface area contributed by atoms with E-state index in [4.69, 9.17) is 4.74 Å². The van der Waals surface area contributed by atoms with Crippen LogP contribution in [0.5, 0.6) is 5.75 Å². The number of fused-ring (bicyclic) bond motifs is 1. The van der Waals surface area contributed by atoms with E-state index in [2.05, 4.69) is 17.0 Å². The lowest BCUT2D eigenvalue weighted by molar-refractivity contribution is -0.136. The number of hydrogen-bond acceptors (Lipinski definition) is 3. The molecule has 1 heterocycles. The van der Waals surface area contributed by atoms with Gasteiger partial charge in [-0.1, -0.05) is 43.2 Å². The standard InChI is InChI=1S/C23H30N2O2/c1-24(21-10-4-5-11-22(21)25-14-6-7-15-25)23(26)17-27-20-13-12-18-8-2-3-9-19(18)16-20/h2-3,8-9,12-13,16,21-22H,4-7,10-11,14-15,17H2,1H3/t21-,22-/m1/s1. The zero-order chi connectivity index (χ0) is 18.6. The quantitative estimate of drug-likeness (QED) is 0.799. The van der Waals surface area contributed by atoms with E-state index in [0.717, 1.165) is 17.6 Å². The summed E-state index contributed by atoms with van der Waals surface area (Å²) in [7, 11) is 1.96. The summed E-state index contributed by atoms with van der Waals surface area (Å²) < 4.78 is 5.84. The second kappa shape index (κ2) is 8.30. The van der Waals surface area contributed by atoms with Crippen molar-refractivity contribution in [1.82, 2.24) is 9.80 Å². The van der Waals surface area contributed by atoms with Crippen LogP contribution in [0.2, 0.25) is 0 Å². The maximum atomic E-state index is 12.8. The van der Waals surface area contributed by atoms with Gasteiger partial charge in [0, 0.05) is 19.1 Å². The molecule has 1 aliphatic heterocycles. The normalized spacial score (nSPS) is 23.4. The molecule has 2 atom stereocenters. The van der Waals surface area contributed by atoms with Gasteiger partial charge in [0.05, 0.1) is 0 Å². The fraction of sp³-hybridized carbons (Fsp3) is 0.522. The first-order valence-corrected chi connectivity index (χ1v) is 10.3. The third-order valence-electron chi connectivity index (χ3n) is 6.28. The van der Waals surface area contributed by atoms with Gasteiger partial charge in [-0.3, -0.25) is 9.69 Å². The monoisotopic (exact) mass is 366 g/mol. The first-order chi connectivity index (χ1) is 13.2. The van der Waals surface area contributed by atoms with E-state index in [-0.39, 0.29) is 12.5 Å². The van der Waals surface area contributed by atoms with Gasteiger partial charge in [-0.05, 0) is 61.7 Å². The Balaban J connectivity index is 1.38. The van der Waals surface area contributed by atoms with Gasteiger partial charge in [0.2, 0.25) is 0 Å². The molecule has 0 unspecified atom stereocenters. The Morgan fingerprint density at radius 1 is 1.04 bits per heavy atom. The lowest BCUT2D eigenvalue weighted by Crippen LogP contribution is -2.53. The third kappa shape index (κ3) is 4.11. The molecule has 1 saturated heterocycles. The van der Waals surface area contributed by atoms with Crippen LogP contribution in [0, 0.1) is 0 Å². The van der Waals surface area contributed by atoms with Crippen molar-refractivity contribution in [2.75, 3.05) is 26.7 Å². The highest BCUT2D eigenvalue weighted by atomic mass is 16.5. The average Bonchev–Trinajstić information content (AvgIpc) is 3.26. The molecule has 0 bridgehead atoms. The molecule has 4 heteroatoms. The molecule has 1 saturated carbocycles. The highest BCUT2D eigenvalue weighted by Gasteiger charge is 2.35. The van der Waals surface area contributed by atoms with Crippen LogP contribution in [-0.4, -0.2) is 54.5 Å². The van der Waals surface area contributed by atoms with E-state index in [9.17, 15) is 4.79 Å². The van der Waals surface area contributed by atoms with Gasteiger partial charge < -0.3 is 9.64 Å². The molecule has 2 fully saturated rings. The second-order valence-electron chi connectivity index (χ2n) is 7.96. The summed E-state index contributed by atoms with van der Waals surface area (Å²) in [6, 6.07) is 15.1. The minimum Gasteiger partial charge on any atom is -0.484 e. The minimum atomic E-state index is 0.0826. The van der Waals surface area contributed by atoms with Gasteiger partial charge in [0.1, 0.15) is 5.75 Å². The number of carbonyl (C=O) groups excluding carboxylic acids is 1. The van der Waals surface area contributed by atoms with Crippen molar-refractivity contribution < 1.29 is 9.53 Å². The van der Waals surface area contributed by atoms with Crippen molar-refractivity contribution >= 4 is 16.7 Å². The summed E-state index contributed by atoms with van der Waals surface area (Å²) in [5.74, 6) is 0.842. The number of nitrogens with zero attached hydrogens (tertiary/aromatic N) is 2. The van der Waals surface area contributed by atoms with Gasteiger partial charge in [-0.2, -0.15) is 0 Å². The van der Waals surface area contributed by atoms with Gasteiger partial charge >= 0.3 is 0 Å². The Labute approximate surface area is 162 Å². The zero-order valence-corrected chi connectivity index (χ0v) is 16.3. The molecule has 2 aromatic carbocycles. The van der Waals surface area contributed by atoms with Crippen molar-refractivity contribution in [2.24, 2.45) is 0 Å². The van der Waals surface area contributed by atoms with Crippen LogP contribution in [0.3, 0.4) is 0 Å². The Kier molecular flexibility index (Phi) is 5.63. The second-order valence-corrected chi connectivity index (χ2v) is 7.96. The minimum absolute atomic E-state index is 0.0826. The van der Waals surface area contributed by atoms with Crippen LogP contribution in [0.25, 0.3) is 10.8 Å². The first kappa shape index (κ1) is 18.3. The number of amides is 1. The molecule has 144 valence electrons. The Bertz CT molecular complexity index is 785. The van der Waals surface area contributed by atoms with E-state index in [1.165, 1.54) is 50.6 Å². The molecule has 2 aliphatic rings. The molecule has 1 aliphatic carbocycles. The highest BCUT2D eigenvalue weighted by Crippen LogP contribution is 2.29. The number of carbonyl (C=O) groups is 1. The summed E-state index contributed by atoms with van der Waals surface area (Å²) in [5.41, 5.74) is 0. The molecule has 0 radical (unpaired) electrons. The van der Waals surface area contributed by atoms with Crippen LogP contribution in [-0.2, 0) is 4.79 Å². The van der Waals surface area contributed by atoms with Crippen LogP contribution >= 0.6 is 0 Å². The van der Waals surface area contributed by atoms with E-state index in [0.29, 0.717) is 12.1 Å². The van der Waals surface area contributed by atoms with Crippen LogP contribution in [0.15, 0.2) is 42.5 Å².